The lowest BCUT2D eigenvalue weighted by atomic mass is 9.87. The van der Waals surface area contributed by atoms with Gasteiger partial charge in [-0.05, 0) is 38.3 Å². The number of amides is 1. The standard InChI is InChI=1S/C16H18N2O3/c1-16(15(20)21)8-2-3-10-18(16)14(19)12-6-4-5-11-7-9-17-13(11)12/h4-7,9,17H,2-3,8,10H2,1H3,(H,20,21). The molecule has 1 aliphatic heterocycles. The van der Waals surface area contributed by atoms with Crippen LogP contribution < -0.4 is 0 Å². The van der Waals surface area contributed by atoms with Crippen LogP contribution in [0, 0.1) is 0 Å². The summed E-state index contributed by atoms with van der Waals surface area (Å²) in [4.78, 5) is 29.1. The summed E-state index contributed by atoms with van der Waals surface area (Å²) in [5.41, 5.74) is 0.178. The van der Waals surface area contributed by atoms with E-state index in [4.69, 9.17) is 0 Å². The van der Waals surface area contributed by atoms with Gasteiger partial charge in [0.1, 0.15) is 5.54 Å². The zero-order valence-corrected chi connectivity index (χ0v) is 11.9. The van der Waals surface area contributed by atoms with E-state index in [2.05, 4.69) is 4.98 Å². The first-order valence-electron chi connectivity index (χ1n) is 7.15. The molecule has 0 bridgehead atoms. The van der Waals surface area contributed by atoms with Gasteiger partial charge >= 0.3 is 5.97 Å². The fourth-order valence-electron chi connectivity index (χ4n) is 3.08. The number of hydrogen-bond acceptors (Lipinski definition) is 2. The van der Waals surface area contributed by atoms with Gasteiger partial charge in [0.05, 0.1) is 11.1 Å². The van der Waals surface area contributed by atoms with Gasteiger partial charge in [0.25, 0.3) is 5.91 Å². The molecule has 0 spiro atoms. The van der Waals surface area contributed by atoms with Crippen molar-refractivity contribution < 1.29 is 14.7 Å². The highest BCUT2D eigenvalue weighted by Gasteiger charge is 2.44. The van der Waals surface area contributed by atoms with E-state index in [1.165, 1.54) is 4.90 Å². The maximum Gasteiger partial charge on any atom is 0.329 e. The van der Waals surface area contributed by atoms with Gasteiger partial charge in [0, 0.05) is 18.1 Å². The summed E-state index contributed by atoms with van der Waals surface area (Å²) < 4.78 is 0. The maximum atomic E-state index is 12.9. The van der Waals surface area contributed by atoms with Crippen LogP contribution in [0.15, 0.2) is 30.5 Å². The Balaban J connectivity index is 2.04. The van der Waals surface area contributed by atoms with Crippen LogP contribution in [0.2, 0.25) is 0 Å². The number of carbonyl (C=O) groups is 2. The lowest BCUT2D eigenvalue weighted by Gasteiger charge is -2.41. The Morgan fingerprint density at radius 1 is 1.29 bits per heavy atom. The summed E-state index contributed by atoms with van der Waals surface area (Å²) in [6.07, 6.45) is 3.96. The van der Waals surface area contributed by atoms with Gasteiger partial charge in [0.2, 0.25) is 0 Å². The molecule has 2 heterocycles. The van der Waals surface area contributed by atoms with Crippen molar-refractivity contribution in [3.05, 3.63) is 36.0 Å². The Kier molecular flexibility index (Phi) is 3.20. The number of hydrogen-bond donors (Lipinski definition) is 2. The third-order valence-corrected chi connectivity index (χ3v) is 4.41. The Labute approximate surface area is 122 Å². The number of carboxylic acid groups (broad SMARTS) is 1. The smallest absolute Gasteiger partial charge is 0.329 e. The summed E-state index contributed by atoms with van der Waals surface area (Å²) in [5, 5.41) is 10.5. The predicted molar refractivity (Wildman–Crippen MR) is 79.2 cm³/mol. The lowest BCUT2D eigenvalue weighted by molar-refractivity contribution is -0.150. The van der Waals surface area contributed by atoms with Crippen molar-refractivity contribution in [3.63, 3.8) is 0 Å². The summed E-state index contributed by atoms with van der Waals surface area (Å²) >= 11 is 0. The topological polar surface area (TPSA) is 73.4 Å². The van der Waals surface area contributed by atoms with Crippen LogP contribution in [0.25, 0.3) is 10.9 Å². The number of benzene rings is 1. The summed E-state index contributed by atoms with van der Waals surface area (Å²) in [6, 6.07) is 7.40. The second kappa shape index (κ2) is 4.91. The van der Waals surface area contributed by atoms with E-state index in [0.29, 0.717) is 18.5 Å². The summed E-state index contributed by atoms with van der Waals surface area (Å²) in [5.74, 6) is -1.15. The van der Waals surface area contributed by atoms with Crippen molar-refractivity contribution >= 4 is 22.8 Å². The van der Waals surface area contributed by atoms with Crippen molar-refractivity contribution in [2.24, 2.45) is 0 Å². The fraction of sp³-hybridized carbons (Fsp3) is 0.375. The van der Waals surface area contributed by atoms with Crippen molar-refractivity contribution in [1.29, 1.82) is 0 Å². The number of aromatic nitrogens is 1. The maximum absolute atomic E-state index is 12.9. The predicted octanol–water partition coefficient (Wildman–Crippen LogP) is 2.64. The molecule has 0 saturated carbocycles. The molecule has 1 aromatic heterocycles. The first kappa shape index (κ1) is 13.7. The minimum atomic E-state index is -1.12. The molecule has 0 radical (unpaired) electrons. The summed E-state index contributed by atoms with van der Waals surface area (Å²) in [6.45, 7) is 2.12. The van der Waals surface area contributed by atoms with Crippen LogP contribution in [-0.4, -0.2) is 39.0 Å². The monoisotopic (exact) mass is 286 g/mol. The van der Waals surface area contributed by atoms with Crippen molar-refractivity contribution in [1.82, 2.24) is 9.88 Å². The number of rotatable bonds is 2. The van der Waals surface area contributed by atoms with E-state index < -0.39 is 11.5 Å². The van der Waals surface area contributed by atoms with Crippen LogP contribution in [0.3, 0.4) is 0 Å². The molecule has 1 fully saturated rings. The number of fused-ring (bicyclic) bond motifs is 1. The number of piperidine rings is 1. The largest absolute Gasteiger partial charge is 0.480 e. The molecule has 2 aromatic rings. The third-order valence-electron chi connectivity index (χ3n) is 4.41. The molecule has 1 amide bonds. The van der Waals surface area contributed by atoms with E-state index in [-0.39, 0.29) is 5.91 Å². The Morgan fingerprint density at radius 2 is 2.10 bits per heavy atom. The van der Waals surface area contributed by atoms with Gasteiger partial charge in [0.15, 0.2) is 0 Å². The number of likely N-dealkylation sites (tertiary alicyclic amines) is 1. The van der Waals surface area contributed by atoms with Crippen LogP contribution in [0.1, 0.15) is 36.5 Å². The Bertz CT molecular complexity index is 706. The molecule has 1 saturated heterocycles. The molecular formula is C16H18N2O3. The molecule has 1 atom stereocenters. The number of para-hydroxylation sites is 1. The number of aromatic amines is 1. The van der Waals surface area contributed by atoms with Crippen molar-refractivity contribution in [2.45, 2.75) is 31.7 Å². The molecule has 1 aromatic carbocycles. The zero-order valence-electron chi connectivity index (χ0n) is 11.9. The average Bonchev–Trinajstić information content (AvgIpc) is 2.95. The van der Waals surface area contributed by atoms with E-state index >= 15 is 0 Å². The molecule has 21 heavy (non-hydrogen) atoms. The molecule has 0 aliphatic carbocycles. The Hall–Kier alpha value is -2.30. The highest BCUT2D eigenvalue weighted by Crippen LogP contribution is 2.31. The van der Waals surface area contributed by atoms with E-state index in [0.717, 1.165) is 23.7 Å². The van der Waals surface area contributed by atoms with Crippen molar-refractivity contribution in [3.8, 4) is 0 Å². The molecule has 5 nitrogen and oxygen atoms in total. The SMILES string of the molecule is CC1(C(=O)O)CCCCN1C(=O)c1cccc2cc[nH]c12. The minimum absolute atomic E-state index is 0.215. The number of nitrogens with one attached hydrogen (secondary N) is 1. The first-order chi connectivity index (χ1) is 10.0. The highest BCUT2D eigenvalue weighted by molar-refractivity contribution is 6.07. The molecule has 3 rings (SSSR count). The quantitative estimate of drug-likeness (QED) is 0.891. The zero-order chi connectivity index (χ0) is 15.0. The van der Waals surface area contributed by atoms with Gasteiger partial charge in [-0.2, -0.15) is 0 Å². The molecule has 110 valence electrons. The second-order valence-electron chi connectivity index (χ2n) is 5.74. The number of aliphatic carboxylic acids is 1. The normalized spacial score (nSPS) is 22.4. The number of nitrogens with zero attached hydrogens (tertiary/aromatic N) is 1. The molecule has 1 unspecified atom stereocenters. The fourth-order valence-corrected chi connectivity index (χ4v) is 3.08. The third kappa shape index (κ3) is 2.09. The van der Waals surface area contributed by atoms with Gasteiger partial charge < -0.3 is 15.0 Å². The van der Waals surface area contributed by atoms with Gasteiger partial charge in [-0.1, -0.05) is 12.1 Å². The molecule has 1 aliphatic rings. The second-order valence-corrected chi connectivity index (χ2v) is 5.74. The molecule has 5 heteroatoms. The molecular weight excluding hydrogens is 268 g/mol. The van der Waals surface area contributed by atoms with E-state index in [9.17, 15) is 14.7 Å². The number of carbonyl (C=O) groups excluding carboxylic acids is 1. The van der Waals surface area contributed by atoms with Crippen LogP contribution in [0.5, 0.6) is 0 Å². The molecule has 2 N–H and O–H groups in total. The van der Waals surface area contributed by atoms with Gasteiger partial charge in [-0.3, -0.25) is 4.79 Å². The Morgan fingerprint density at radius 3 is 2.86 bits per heavy atom. The number of carboxylic acids is 1. The average molecular weight is 286 g/mol. The van der Waals surface area contributed by atoms with Gasteiger partial charge in [-0.25, -0.2) is 4.79 Å². The lowest BCUT2D eigenvalue weighted by Crippen LogP contribution is -2.57. The van der Waals surface area contributed by atoms with E-state index in [1.54, 1.807) is 19.2 Å². The first-order valence-corrected chi connectivity index (χ1v) is 7.15. The minimum Gasteiger partial charge on any atom is -0.480 e. The van der Waals surface area contributed by atoms with Crippen LogP contribution in [0.4, 0.5) is 0 Å². The number of H-pyrrole nitrogens is 1. The summed E-state index contributed by atoms with van der Waals surface area (Å²) in [7, 11) is 0. The highest BCUT2D eigenvalue weighted by atomic mass is 16.4. The van der Waals surface area contributed by atoms with E-state index in [1.807, 2.05) is 18.2 Å². The van der Waals surface area contributed by atoms with Gasteiger partial charge in [-0.15, -0.1) is 0 Å². The van der Waals surface area contributed by atoms with Crippen LogP contribution >= 0.6 is 0 Å². The van der Waals surface area contributed by atoms with Crippen LogP contribution in [-0.2, 0) is 4.79 Å². The van der Waals surface area contributed by atoms with Crippen molar-refractivity contribution in [2.75, 3.05) is 6.54 Å².